The molecule has 24 nitrogen and oxygen atoms in total. The number of aromatic nitrogens is 6. The van der Waals surface area contributed by atoms with Crippen molar-refractivity contribution in [1.29, 1.82) is 0 Å². The third kappa shape index (κ3) is 34.5. The number of fused-ring (bicyclic) bond motifs is 1. The average molecular weight is 1980 g/mol. The van der Waals surface area contributed by atoms with E-state index in [4.69, 9.17) is 0 Å². The normalized spacial score (nSPS) is 22.2. The van der Waals surface area contributed by atoms with Gasteiger partial charge in [-0.15, -0.1) is 22.7 Å². The molecule has 142 heavy (non-hydrogen) atoms. The van der Waals surface area contributed by atoms with E-state index in [0.29, 0.717) is 24.2 Å². The lowest BCUT2D eigenvalue weighted by atomic mass is 9.91. The van der Waals surface area contributed by atoms with Crippen molar-refractivity contribution in [3.05, 3.63) is 208 Å². The quantitative estimate of drug-likeness (QED) is 0.117. The maximum Gasteiger partial charge on any atom is 0.147 e. The molecule has 5 aromatic heterocycles. The van der Waals surface area contributed by atoms with Crippen molar-refractivity contribution in [2.24, 2.45) is 0 Å². The van der Waals surface area contributed by atoms with Crippen molar-refractivity contribution in [3.63, 3.8) is 0 Å². The van der Waals surface area contributed by atoms with Gasteiger partial charge in [-0.2, -0.15) is 0 Å². The molecular formula is C116H184N24S2. The zero-order chi connectivity index (χ0) is 98.8. The molecule has 4 unspecified atom stereocenters. The number of anilines is 9. The van der Waals surface area contributed by atoms with E-state index >= 15 is 0 Å². The highest BCUT2D eigenvalue weighted by atomic mass is 32.1. The molecule has 9 aromatic rings. The SMILES string of the molecule is C.C.Cc1ccc(N2CC(C)N(C)C(C)C2)cc1.Cc1ccc(N2CCN(C(C)C)CC2)cc1.Cc1ccc(N2CCN(C)C(C)C2)s1.Cc1ccc(N2CCN(C)CC2)s1.Cc1ccc(N2CCN(C3CC3)CC2)cc1.Cc1ccc(N2CCN(C3CCC3)CC2)cc1.Cc1cnc(N2CCN(C3CC3)CC2)cn1.Cc1cnc(N2CCN3CCCCC3C2)cn1.Cc1cnc(N2CCNC(C)(C)C2)cn1. The number of nitrogens with zero attached hydrogens (tertiary/aromatic N) is 23. The van der Waals surface area contributed by atoms with Gasteiger partial charge < -0.3 is 59.2 Å². The first-order chi connectivity index (χ1) is 67.5. The van der Waals surface area contributed by atoms with E-state index < -0.39 is 0 Å². The fourth-order valence-electron chi connectivity index (χ4n) is 20.6. The monoisotopic (exact) mass is 1980 g/mol. The maximum absolute atomic E-state index is 4.48. The van der Waals surface area contributed by atoms with E-state index in [-0.39, 0.29) is 20.4 Å². The van der Waals surface area contributed by atoms with Gasteiger partial charge in [0.1, 0.15) is 17.5 Å². The fraction of sp³-hybridized carbons (Fsp3) is 0.621. The topological polar surface area (TPSA) is 144 Å². The molecule has 0 spiro atoms. The number of hydrogen-bond donors (Lipinski definition) is 1. The number of benzene rings is 4. The van der Waals surface area contributed by atoms with Gasteiger partial charge in [-0.05, 0) is 263 Å². The molecule has 3 saturated carbocycles. The highest BCUT2D eigenvalue weighted by Gasteiger charge is 2.36. The lowest BCUT2D eigenvalue weighted by Gasteiger charge is -2.44. The van der Waals surface area contributed by atoms with Gasteiger partial charge in [0.05, 0.1) is 64.3 Å². The predicted molar refractivity (Wildman–Crippen MR) is 609 cm³/mol. The standard InChI is InChI=1S/C15H22N2.C14H20N2.2C14H22N2.C13H20N4.C12H18N4.C11H18N4.C11H18N2S.C10H16N2S.2CH4/c1-13-5-7-15(8-6-13)17-11-9-16(10-12-17)14-3-2-4-14;1-12-2-4-13(5-3-12)15-8-10-16(11-9-15)14-6-7-14;1-11-5-7-14(8-6-11)16-9-12(2)15(4)13(3)10-16;1-12(2)15-8-10-16(11-9-15)14-6-4-13(3)5-7-14;1-11-8-15-13(9-14-11)17-7-6-16-5-3-2-4-12(16)10-17;1-10-8-14-12(9-13-10)16-6-4-15(5-7-16)11-2-3-11;1-9-6-13-10(7-12-9)15-5-4-14-11(2,3)8-15;1-9-8-13(7-6-12(9)3)11-5-4-10(2)14-11;1-9-3-4-10(13-9)12-7-5-11(2)6-8-12;;/h5-8,14H,2-4,9-12H2,1H3;2-5,14H,6-11H2,1H3;5-8,12-13H,9-10H2,1-4H3;4-7,12H,8-11H2,1-3H3;8-9,12H,2-7,10H2,1H3;8-9,11H,2-7H2,1H3;6-7,14H,4-5,8H2,1-3H3;4-5,9H,6-8H2,1-3H3;3-4H,5-8H2,1-2H3;2*1H4. The summed E-state index contributed by atoms with van der Waals surface area (Å²) in [6.45, 7) is 71.9. The van der Waals surface area contributed by atoms with Crippen LogP contribution in [-0.2, 0) is 0 Å². The lowest BCUT2D eigenvalue weighted by Crippen LogP contribution is -2.57. The number of hydrogen-bond acceptors (Lipinski definition) is 26. The van der Waals surface area contributed by atoms with E-state index in [9.17, 15) is 0 Å². The number of thiophene rings is 2. The summed E-state index contributed by atoms with van der Waals surface area (Å²) >= 11 is 3.81. The predicted octanol–water partition coefficient (Wildman–Crippen LogP) is 18.8. The summed E-state index contributed by atoms with van der Waals surface area (Å²) < 4.78 is 0. The Balaban J connectivity index is 0.000000143. The van der Waals surface area contributed by atoms with Gasteiger partial charge in [0.25, 0.3) is 0 Å². The van der Waals surface area contributed by atoms with Gasteiger partial charge in [0.2, 0.25) is 0 Å². The van der Waals surface area contributed by atoms with Crippen LogP contribution in [-0.4, -0.2) is 354 Å². The highest BCUT2D eigenvalue weighted by Crippen LogP contribution is 2.35. The second kappa shape index (κ2) is 55.2. The second-order valence-corrected chi connectivity index (χ2v) is 45.6. The molecule has 10 aliphatic heterocycles. The third-order valence-electron chi connectivity index (χ3n) is 30.9. The summed E-state index contributed by atoms with van der Waals surface area (Å²) in [5.41, 5.74) is 14.0. The van der Waals surface area contributed by atoms with Gasteiger partial charge in [0, 0.05) is 289 Å². The van der Waals surface area contributed by atoms with Crippen molar-refractivity contribution in [2.45, 2.75) is 244 Å². The summed E-state index contributed by atoms with van der Waals surface area (Å²) in [6.07, 6.45) is 25.3. The maximum atomic E-state index is 4.48. The molecule has 0 amide bonds. The minimum atomic E-state index is 0. The molecule has 3 aliphatic carbocycles. The van der Waals surface area contributed by atoms with Crippen LogP contribution in [0.5, 0.6) is 0 Å². The zero-order valence-electron chi connectivity index (χ0n) is 89.4. The van der Waals surface area contributed by atoms with Crippen molar-refractivity contribution < 1.29 is 0 Å². The van der Waals surface area contributed by atoms with Crippen molar-refractivity contribution in [2.75, 3.05) is 275 Å². The van der Waals surface area contributed by atoms with Crippen molar-refractivity contribution >= 4 is 72.9 Å². The average Bonchev–Trinajstić information content (AvgIpc) is 1.76. The van der Waals surface area contributed by atoms with E-state index in [0.717, 1.165) is 137 Å². The molecule has 0 radical (unpaired) electrons. The first-order valence-corrected chi connectivity index (χ1v) is 55.2. The summed E-state index contributed by atoms with van der Waals surface area (Å²) in [7, 11) is 6.63. The molecule has 13 fully saturated rings. The molecule has 4 atom stereocenters. The van der Waals surface area contributed by atoms with E-state index in [1.165, 1.54) is 260 Å². The van der Waals surface area contributed by atoms with Crippen LogP contribution in [0, 0.1) is 62.3 Å². The van der Waals surface area contributed by atoms with Crippen LogP contribution in [0.3, 0.4) is 0 Å². The van der Waals surface area contributed by atoms with Gasteiger partial charge >= 0.3 is 0 Å². The fourth-order valence-corrected chi connectivity index (χ4v) is 22.4. The number of piperidine rings is 1. The number of piperazine rings is 9. The van der Waals surface area contributed by atoms with E-state index in [1.807, 2.05) is 80.6 Å². The van der Waals surface area contributed by atoms with Crippen LogP contribution >= 0.6 is 22.7 Å². The largest absolute Gasteiger partial charge is 0.369 e. The highest BCUT2D eigenvalue weighted by molar-refractivity contribution is 7.16. The Morgan fingerprint density at radius 1 is 0.310 bits per heavy atom. The molecule has 780 valence electrons. The Morgan fingerprint density at radius 2 is 0.662 bits per heavy atom. The Morgan fingerprint density at radius 3 is 1.04 bits per heavy atom. The van der Waals surface area contributed by atoms with Gasteiger partial charge in [-0.25, -0.2) is 15.0 Å². The summed E-state index contributed by atoms with van der Waals surface area (Å²) in [5, 5.41) is 6.35. The Kier molecular flexibility index (Phi) is 43.6. The van der Waals surface area contributed by atoms with E-state index in [2.05, 4.69) is 351 Å². The molecule has 26 heteroatoms. The molecule has 13 aliphatic rings. The molecule has 15 heterocycles. The Hall–Kier alpha value is -8.64. The lowest BCUT2D eigenvalue weighted by molar-refractivity contribution is 0.120. The minimum absolute atomic E-state index is 0. The Labute approximate surface area is 867 Å². The van der Waals surface area contributed by atoms with Crippen LogP contribution in [0.4, 0.5) is 50.2 Å². The molecule has 0 bridgehead atoms. The van der Waals surface area contributed by atoms with Gasteiger partial charge in [-0.3, -0.25) is 44.4 Å². The third-order valence-corrected chi connectivity index (χ3v) is 33.0. The smallest absolute Gasteiger partial charge is 0.147 e. The molecule has 10 saturated heterocycles. The number of likely N-dealkylation sites (N-methyl/N-ethyl adjacent to an activating group) is 3. The van der Waals surface area contributed by atoms with Gasteiger partial charge in [-0.1, -0.05) is 98.5 Å². The van der Waals surface area contributed by atoms with E-state index in [1.54, 1.807) is 0 Å². The Bertz CT molecular complexity index is 4830. The molecule has 4 aromatic carbocycles. The van der Waals surface area contributed by atoms with Gasteiger partial charge in [0.15, 0.2) is 0 Å². The first-order valence-electron chi connectivity index (χ1n) is 53.6. The summed E-state index contributed by atoms with van der Waals surface area (Å²) in [6, 6.07) is 50.6. The summed E-state index contributed by atoms with van der Waals surface area (Å²) in [5.74, 6) is 3.05. The van der Waals surface area contributed by atoms with Crippen LogP contribution in [0.15, 0.2) is 159 Å². The molecule has 1 N–H and O–H groups in total. The second-order valence-electron chi connectivity index (χ2n) is 43.1. The van der Waals surface area contributed by atoms with Crippen LogP contribution in [0.2, 0.25) is 0 Å². The molecular weight excluding hydrogens is 1790 g/mol. The van der Waals surface area contributed by atoms with Crippen molar-refractivity contribution in [1.82, 2.24) is 74.4 Å². The zero-order valence-corrected chi connectivity index (χ0v) is 91.1. The number of rotatable bonds is 13. The minimum Gasteiger partial charge on any atom is -0.369 e. The summed E-state index contributed by atoms with van der Waals surface area (Å²) in [4.78, 5) is 71.5. The molecule has 22 rings (SSSR count). The first kappa shape index (κ1) is 112. The number of nitrogens with one attached hydrogen (secondary N) is 1. The van der Waals surface area contributed by atoms with Crippen LogP contribution < -0.4 is 49.4 Å². The van der Waals surface area contributed by atoms with Crippen LogP contribution in [0.25, 0.3) is 0 Å². The number of aryl methyl sites for hydroxylation is 9. The van der Waals surface area contributed by atoms with Crippen molar-refractivity contribution in [3.8, 4) is 0 Å². The van der Waals surface area contributed by atoms with Crippen LogP contribution in [0.1, 0.15) is 177 Å².